The topological polar surface area (TPSA) is 105 Å². The van der Waals surface area contributed by atoms with Gasteiger partial charge in [0.1, 0.15) is 12.6 Å². The van der Waals surface area contributed by atoms with Crippen molar-refractivity contribution in [2.75, 3.05) is 23.9 Å². The standard InChI is InChI=1S/C24H31N3O6S/c1-5-20(24(29)25-17(2)3)26(14-18-9-7-6-8-10-18)23(28)15-27(34(4,30)31)19-11-12-21-22(13-19)33-16-32-21/h6-13,17,20H,5,14-16H2,1-4H3,(H,25,29). The van der Waals surface area contributed by atoms with Crippen molar-refractivity contribution >= 4 is 27.5 Å². The van der Waals surface area contributed by atoms with Crippen LogP contribution in [-0.2, 0) is 26.2 Å². The number of amides is 2. The van der Waals surface area contributed by atoms with Gasteiger partial charge < -0.3 is 19.7 Å². The molecule has 0 fully saturated rings. The van der Waals surface area contributed by atoms with Gasteiger partial charge >= 0.3 is 0 Å². The Morgan fingerprint density at radius 3 is 2.35 bits per heavy atom. The van der Waals surface area contributed by atoms with E-state index in [1.54, 1.807) is 12.1 Å². The number of hydrogen-bond donors (Lipinski definition) is 1. The first-order valence-corrected chi connectivity index (χ1v) is 13.0. The number of sulfonamides is 1. The average molecular weight is 490 g/mol. The largest absolute Gasteiger partial charge is 0.454 e. The normalized spacial score (nSPS) is 13.4. The first kappa shape index (κ1) is 25.4. The zero-order chi connectivity index (χ0) is 24.9. The number of carbonyl (C=O) groups is 2. The Bertz CT molecular complexity index is 1120. The van der Waals surface area contributed by atoms with E-state index >= 15 is 0 Å². The Kier molecular flexibility index (Phi) is 8.03. The number of hydrogen-bond acceptors (Lipinski definition) is 6. The van der Waals surface area contributed by atoms with Crippen LogP contribution in [0.4, 0.5) is 5.69 Å². The van der Waals surface area contributed by atoms with Crippen molar-refractivity contribution < 1.29 is 27.5 Å². The first-order valence-electron chi connectivity index (χ1n) is 11.1. The Balaban J connectivity index is 1.93. The summed E-state index contributed by atoms with van der Waals surface area (Å²) in [5.74, 6) is 0.140. The van der Waals surface area contributed by atoms with Gasteiger partial charge in [-0.2, -0.15) is 0 Å². The zero-order valence-electron chi connectivity index (χ0n) is 19.9. The summed E-state index contributed by atoms with van der Waals surface area (Å²) in [7, 11) is -3.82. The molecule has 0 radical (unpaired) electrons. The van der Waals surface area contributed by atoms with Crippen LogP contribution in [0.2, 0.25) is 0 Å². The van der Waals surface area contributed by atoms with E-state index in [4.69, 9.17) is 9.47 Å². The molecule has 184 valence electrons. The number of fused-ring (bicyclic) bond motifs is 1. The molecule has 1 aliphatic rings. The van der Waals surface area contributed by atoms with Crippen molar-refractivity contribution in [1.29, 1.82) is 0 Å². The summed E-state index contributed by atoms with van der Waals surface area (Å²) in [5.41, 5.74) is 1.11. The Hall–Kier alpha value is -3.27. The third-order valence-corrected chi connectivity index (χ3v) is 6.48. The maximum atomic E-state index is 13.6. The molecule has 1 atom stereocenters. The van der Waals surface area contributed by atoms with E-state index in [9.17, 15) is 18.0 Å². The summed E-state index contributed by atoms with van der Waals surface area (Å²) in [6.45, 7) is 5.27. The molecule has 0 saturated heterocycles. The summed E-state index contributed by atoms with van der Waals surface area (Å²) in [6.07, 6.45) is 1.41. The number of rotatable bonds is 10. The lowest BCUT2D eigenvalue weighted by molar-refractivity contribution is -0.140. The highest BCUT2D eigenvalue weighted by atomic mass is 32.2. The number of nitrogens with one attached hydrogen (secondary N) is 1. The molecule has 0 bridgehead atoms. The predicted octanol–water partition coefficient (Wildman–Crippen LogP) is 2.51. The van der Waals surface area contributed by atoms with E-state index in [-0.39, 0.29) is 31.0 Å². The predicted molar refractivity (Wildman–Crippen MR) is 129 cm³/mol. The average Bonchev–Trinajstić information content (AvgIpc) is 3.24. The molecule has 0 spiro atoms. The minimum absolute atomic E-state index is 0.0462. The minimum Gasteiger partial charge on any atom is -0.454 e. The molecule has 2 aromatic rings. The second-order valence-electron chi connectivity index (χ2n) is 8.40. The minimum atomic E-state index is -3.82. The highest BCUT2D eigenvalue weighted by Crippen LogP contribution is 2.36. The molecule has 10 heteroatoms. The van der Waals surface area contributed by atoms with Gasteiger partial charge in [0.2, 0.25) is 28.6 Å². The Labute approximate surface area is 200 Å². The van der Waals surface area contributed by atoms with Gasteiger partial charge in [-0.15, -0.1) is 0 Å². The molecular formula is C24H31N3O6S. The summed E-state index contributed by atoms with van der Waals surface area (Å²) in [6, 6.07) is 13.1. The van der Waals surface area contributed by atoms with Crippen molar-refractivity contribution in [2.45, 2.75) is 45.8 Å². The fourth-order valence-electron chi connectivity index (χ4n) is 3.73. The molecule has 0 saturated carbocycles. The molecule has 2 aromatic carbocycles. The summed E-state index contributed by atoms with van der Waals surface area (Å²) in [5, 5.41) is 2.86. The van der Waals surface area contributed by atoms with E-state index in [1.807, 2.05) is 51.1 Å². The van der Waals surface area contributed by atoms with Gasteiger partial charge in [0.15, 0.2) is 11.5 Å². The van der Waals surface area contributed by atoms with Gasteiger partial charge in [-0.3, -0.25) is 13.9 Å². The molecule has 0 aromatic heterocycles. The maximum absolute atomic E-state index is 13.6. The van der Waals surface area contributed by atoms with E-state index < -0.39 is 28.5 Å². The number of benzene rings is 2. The summed E-state index contributed by atoms with van der Waals surface area (Å²) < 4.78 is 37.0. The zero-order valence-corrected chi connectivity index (χ0v) is 20.7. The number of anilines is 1. The molecule has 1 N–H and O–H groups in total. The van der Waals surface area contributed by atoms with Crippen LogP contribution in [0.1, 0.15) is 32.8 Å². The lowest BCUT2D eigenvalue weighted by Gasteiger charge is -2.33. The second kappa shape index (κ2) is 10.8. The van der Waals surface area contributed by atoms with Gasteiger partial charge in [-0.1, -0.05) is 37.3 Å². The van der Waals surface area contributed by atoms with Gasteiger partial charge in [0.25, 0.3) is 0 Å². The van der Waals surface area contributed by atoms with E-state index in [1.165, 1.54) is 11.0 Å². The van der Waals surface area contributed by atoms with Gasteiger partial charge in [0.05, 0.1) is 11.9 Å². The van der Waals surface area contributed by atoms with Crippen molar-refractivity contribution in [1.82, 2.24) is 10.2 Å². The van der Waals surface area contributed by atoms with Crippen molar-refractivity contribution in [3.63, 3.8) is 0 Å². The van der Waals surface area contributed by atoms with Crippen molar-refractivity contribution in [2.24, 2.45) is 0 Å². The third-order valence-electron chi connectivity index (χ3n) is 5.34. The van der Waals surface area contributed by atoms with E-state index in [0.29, 0.717) is 17.9 Å². The molecule has 1 aliphatic heterocycles. The Morgan fingerprint density at radius 2 is 1.74 bits per heavy atom. The highest BCUT2D eigenvalue weighted by molar-refractivity contribution is 7.92. The fraction of sp³-hybridized carbons (Fsp3) is 0.417. The van der Waals surface area contributed by atoms with Crippen LogP contribution in [0, 0.1) is 0 Å². The van der Waals surface area contributed by atoms with Crippen molar-refractivity contribution in [3.8, 4) is 11.5 Å². The smallest absolute Gasteiger partial charge is 0.244 e. The monoisotopic (exact) mass is 489 g/mol. The van der Waals surface area contributed by atoms with Crippen LogP contribution in [-0.4, -0.2) is 56.8 Å². The van der Waals surface area contributed by atoms with Gasteiger partial charge in [-0.05, 0) is 38.0 Å². The summed E-state index contributed by atoms with van der Waals surface area (Å²) >= 11 is 0. The van der Waals surface area contributed by atoms with Gasteiger partial charge in [-0.25, -0.2) is 8.42 Å². The van der Waals surface area contributed by atoms with Crippen LogP contribution >= 0.6 is 0 Å². The van der Waals surface area contributed by atoms with Crippen LogP contribution in [0.5, 0.6) is 11.5 Å². The number of nitrogens with zero attached hydrogens (tertiary/aromatic N) is 2. The number of carbonyl (C=O) groups excluding carboxylic acids is 2. The van der Waals surface area contributed by atoms with Crippen molar-refractivity contribution in [3.05, 3.63) is 54.1 Å². The van der Waals surface area contributed by atoms with Crippen LogP contribution < -0.4 is 19.1 Å². The van der Waals surface area contributed by atoms with E-state index in [0.717, 1.165) is 16.1 Å². The van der Waals surface area contributed by atoms with E-state index in [2.05, 4.69) is 5.32 Å². The molecule has 0 aliphatic carbocycles. The molecular weight excluding hydrogens is 458 g/mol. The summed E-state index contributed by atoms with van der Waals surface area (Å²) in [4.78, 5) is 28.0. The quantitative estimate of drug-likeness (QED) is 0.550. The third kappa shape index (κ3) is 6.19. The second-order valence-corrected chi connectivity index (χ2v) is 10.3. The molecule has 2 amide bonds. The highest BCUT2D eigenvalue weighted by Gasteiger charge is 2.32. The van der Waals surface area contributed by atoms with Crippen LogP contribution in [0.3, 0.4) is 0 Å². The van der Waals surface area contributed by atoms with Gasteiger partial charge in [0, 0.05) is 18.7 Å². The molecule has 34 heavy (non-hydrogen) atoms. The first-order chi connectivity index (χ1) is 16.1. The SMILES string of the molecule is CCC(C(=O)NC(C)C)N(Cc1ccccc1)C(=O)CN(c1ccc2c(c1)OCO2)S(C)(=O)=O. The lowest BCUT2D eigenvalue weighted by Crippen LogP contribution is -2.53. The molecule has 3 rings (SSSR count). The van der Waals surface area contributed by atoms with Crippen LogP contribution in [0.25, 0.3) is 0 Å². The number of ether oxygens (including phenoxy) is 2. The maximum Gasteiger partial charge on any atom is 0.244 e. The molecule has 9 nitrogen and oxygen atoms in total. The molecule has 1 unspecified atom stereocenters. The fourth-order valence-corrected chi connectivity index (χ4v) is 4.58. The Morgan fingerprint density at radius 1 is 1.06 bits per heavy atom. The van der Waals surface area contributed by atoms with Crippen LogP contribution in [0.15, 0.2) is 48.5 Å². The molecule has 1 heterocycles. The lowest BCUT2D eigenvalue weighted by atomic mass is 10.1.